The third kappa shape index (κ3) is 2.55. The van der Waals surface area contributed by atoms with Gasteiger partial charge in [-0.15, -0.1) is 19.1 Å². The Morgan fingerprint density at radius 1 is 1.10 bits per heavy atom. The van der Waals surface area contributed by atoms with Gasteiger partial charge in [0.1, 0.15) is 12.2 Å². The van der Waals surface area contributed by atoms with Crippen molar-refractivity contribution in [3.05, 3.63) is 24.3 Å². The van der Waals surface area contributed by atoms with Gasteiger partial charge in [0.05, 0.1) is 5.52 Å². The number of fused-ring (bicyclic) bond motifs is 1. The van der Waals surface area contributed by atoms with Crippen LogP contribution in [0.1, 0.15) is 0 Å². The van der Waals surface area contributed by atoms with E-state index in [9.17, 15) is 4.89 Å². The van der Waals surface area contributed by atoms with E-state index >= 15 is 0 Å². The van der Waals surface area contributed by atoms with Crippen molar-refractivity contribution in [2.45, 2.75) is 6.67 Å². The van der Waals surface area contributed by atoms with Crippen molar-refractivity contribution < 1.29 is 4.89 Å². The van der Waals surface area contributed by atoms with Crippen LogP contribution in [-0.2, 0) is 6.67 Å². The minimum absolute atomic E-state index is 0.473. The van der Waals surface area contributed by atoms with Crippen molar-refractivity contribution in [1.82, 2.24) is 29.0 Å². The third-order valence-electron chi connectivity index (χ3n) is 3.29. The van der Waals surface area contributed by atoms with Crippen LogP contribution < -0.4 is 0 Å². The summed E-state index contributed by atoms with van der Waals surface area (Å²) < 4.78 is 7.42. The summed E-state index contributed by atoms with van der Waals surface area (Å²) in [7, 11) is 6.90. The second-order valence-electron chi connectivity index (χ2n) is 5.11. The summed E-state index contributed by atoms with van der Waals surface area (Å²) in [4.78, 5) is 10.9. The van der Waals surface area contributed by atoms with Gasteiger partial charge in [0.15, 0.2) is 0 Å². The predicted molar refractivity (Wildman–Crippen MR) is 81.8 cm³/mol. The summed E-state index contributed by atoms with van der Waals surface area (Å²) >= 11 is 0. The average molecular weight is 297 g/mol. The summed E-state index contributed by atoms with van der Waals surface area (Å²) in [5, 5.41) is 8.30. The molecule has 1 heterocycles. The van der Waals surface area contributed by atoms with Crippen molar-refractivity contribution in [2.24, 2.45) is 0 Å². The molecule has 20 heavy (non-hydrogen) atoms. The van der Waals surface area contributed by atoms with Crippen molar-refractivity contribution in [3.63, 3.8) is 0 Å². The molecule has 0 amide bonds. The minimum Gasteiger partial charge on any atom is -0.227 e. The SMILES string of the molecule is CN(C)[P+](O)(N(C)C)N(C)Cn1nnc2ccccc21. The summed E-state index contributed by atoms with van der Waals surface area (Å²) in [6, 6.07) is 7.81. The van der Waals surface area contributed by atoms with Crippen molar-refractivity contribution >= 4 is 19.0 Å². The number of hydrogen-bond donors (Lipinski definition) is 1. The first-order valence-electron chi connectivity index (χ1n) is 6.34. The standard InChI is InChI=1S/C12H22N6OP/c1-15(2)20(19,16(3)4)17(5)10-18-12-9-7-6-8-11(12)13-14-18/h6-9,19H,10H2,1-5H3/q+1. The Kier molecular flexibility index (Phi) is 4.36. The average Bonchev–Trinajstić information content (AvgIpc) is 2.80. The van der Waals surface area contributed by atoms with Crippen LogP contribution in [0.5, 0.6) is 0 Å². The maximum Gasteiger partial charge on any atom is 0.369 e. The highest BCUT2D eigenvalue weighted by Crippen LogP contribution is 2.60. The number of para-hydroxylation sites is 1. The zero-order chi connectivity index (χ0) is 14.9. The number of nitrogens with zero attached hydrogens (tertiary/aromatic N) is 6. The molecular weight excluding hydrogens is 275 g/mol. The Morgan fingerprint density at radius 3 is 2.30 bits per heavy atom. The van der Waals surface area contributed by atoms with Gasteiger partial charge in [-0.25, -0.2) is 4.68 Å². The topological polar surface area (TPSA) is 60.7 Å². The van der Waals surface area contributed by atoms with E-state index in [-0.39, 0.29) is 0 Å². The molecule has 0 radical (unpaired) electrons. The van der Waals surface area contributed by atoms with E-state index in [1.165, 1.54) is 0 Å². The Bertz CT molecular complexity index is 576. The highest BCUT2D eigenvalue weighted by atomic mass is 31.2. The molecule has 0 spiro atoms. The smallest absolute Gasteiger partial charge is 0.227 e. The van der Waals surface area contributed by atoms with E-state index in [1.807, 2.05) is 73.5 Å². The highest BCUT2D eigenvalue weighted by molar-refractivity contribution is 7.63. The first-order chi connectivity index (χ1) is 9.37. The van der Waals surface area contributed by atoms with Crippen molar-refractivity contribution in [3.8, 4) is 0 Å². The van der Waals surface area contributed by atoms with Gasteiger partial charge in [0, 0.05) is 35.2 Å². The lowest BCUT2D eigenvalue weighted by Gasteiger charge is -2.34. The molecule has 1 aromatic heterocycles. The second kappa shape index (κ2) is 5.71. The van der Waals surface area contributed by atoms with Crippen LogP contribution in [0.4, 0.5) is 0 Å². The monoisotopic (exact) mass is 297 g/mol. The maximum absolute atomic E-state index is 10.9. The summed E-state index contributed by atoms with van der Waals surface area (Å²) in [6.07, 6.45) is 0. The van der Waals surface area contributed by atoms with Crippen LogP contribution in [0, 0.1) is 0 Å². The maximum atomic E-state index is 10.9. The Morgan fingerprint density at radius 2 is 1.70 bits per heavy atom. The lowest BCUT2D eigenvalue weighted by Crippen LogP contribution is -2.38. The van der Waals surface area contributed by atoms with E-state index in [2.05, 4.69) is 10.3 Å². The van der Waals surface area contributed by atoms with Crippen LogP contribution in [-0.4, -0.2) is 69.1 Å². The van der Waals surface area contributed by atoms with E-state index in [1.54, 1.807) is 4.68 Å². The van der Waals surface area contributed by atoms with Crippen LogP contribution in [0.3, 0.4) is 0 Å². The molecule has 8 heteroatoms. The molecule has 0 saturated carbocycles. The molecule has 0 atom stereocenters. The fourth-order valence-corrected chi connectivity index (χ4v) is 4.50. The number of aromatic nitrogens is 3. The van der Waals surface area contributed by atoms with Crippen molar-refractivity contribution in [1.29, 1.82) is 0 Å². The molecule has 2 rings (SSSR count). The Labute approximate surface area is 120 Å². The highest BCUT2D eigenvalue weighted by Gasteiger charge is 2.48. The largest absolute Gasteiger partial charge is 0.369 e. The number of hydrogen-bond acceptors (Lipinski definition) is 6. The molecular formula is C12H22N6OP+. The van der Waals surface area contributed by atoms with Gasteiger partial charge in [-0.2, -0.15) is 4.89 Å². The predicted octanol–water partition coefficient (Wildman–Crippen LogP) is 1.11. The Hall–Kier alpha value is -1.11. The molecule has 110 valence electrons. The van der Waals surface area contributed by atoms with Gasteiger partial charge >= 0.3 is 7.94 Å². The van der Waals surface area contributed by atoms with Gasteiger partial charge in [0.2, 0.25) is 0 Å². The van der Waals surface area contributed by atoms with Crippen LogP contribution in [0.2, 0.25) is 0 Å². The van der Waals surface area contributed by atoms with Gasteiger partial charge in [-0.05, 0) is 12.1 Å². The minimum atomic E-state index is -2.51. The van der Waals surface area contributed by atoms with Crippen LogP contribution in [0.15, 0.2) is 24.3 Å². The first-order valence-corrected chi connectivity index (χ1v) is 7.94. The quantitative estimate of drug-likeness (QED) is 0.834. The normalized spacial score (nSPS) is 13.1. The zero-order valence-corrected chi connectivity index (χ0v) is 13.5. The van der Waals surface area contributed by atoms with E-state index in [0.29, 0.717) is 6.67 Å². The number of rotatable bonds is 5. The molecule has 0 aliphatic carbocycles. The van der Waals surface area contributed by atoms with Gasteiger partial charge < -0.3 is 0 Å². The first kappa shape index (κ1) is 15.3. The summed E-state index contributed by atoms with van der Waals surface area (Å²) in [5.41, 5.74) is 1.82. The third-order valence-corrected chi connectivity index (χ3v) is 6.48. The molecule has 0 unspecified atom stereocenters. The molecule has 0 bridgehead atoms. The lowest BCUT2D eigenvalue weighted by molar-refractivity contribution is 0.281. The van der Waals surface area contributed by atoms with E-state index < -0.39 is 7.94 Å². The van der Waals surface area contributed by atoms with Crippen molar-refractivity contribution in [2.75, 3.05) is 35.2 Å². The van der Waals surface area contributed by atoms with E-state index in [0.717, 1.165) is 11.0 Å². The van der Waals surface area contributed by atoms with E-state index in [4.69, 9.17) is 0 Å². The molecule has 0 aliphatic heterocycles. The van der Waals surface area contributed by atoms with Gasteiger partial charge in [-0.1, -0.05) is 17.3 Å². The lowest BCUT2D eigenvalue weighted by atomic mass is 10.3. The number of benzene rings is 1. The molecule has 1 N–H and O–H groups in total. The molecule has 7 nitrogen and oxygen atoms in total. The molecule has 1 aromatic carbocycles. The molecule has 2 aromatic rings. The fraction of sp³-hybridized carbons (Fsp3) is 0.500. The Balaban J connectivity index is 2.29. The fourth-order valence-electron chi connectivity index (χ4n) is 2.27. The molecule has 0 aliphatic rings. The summed E-state index contributed by atoms with van der Waals surface area (Å²) in [5.74, 6) is 0. The second-order valence-corrected chi connectivity index (χ2v) is 8.46. The summed E-state index contributed by atoms with van der Waals surface area (Å²) in [6.45, 7) is 0.473. The van der Waals surface area contributed by atoms with Gasteiger partial charge in [-0.3, -0.25) is 0 Å². The molecule has 0 saturated heterocycles. The van der Waals surface area contributed by atoms with Crippen LogP contribution in [0.25, 0.3) is 11.0 Å². The zero-order valence-electron chi connectivity index (χ0n) is 12.6. The van der Waals surface area contributed by atoms with Crippen LogP contribution >= 0.6 is 7.94 Å². The van der Waals surface area contributed by atoms with Gasteiger partial charge in [0.25, 0.3) is 0 Å². The molecule has 0 fully saturated rings.